The lowest BCUT2D eigenvalue weighted by molar-refractivity contribution is 0.101. The molecule has 106 valence electrons. The maximum atomic E-state index is 12.2. The van der Waals surface area contributed by atoms with Crippen LogP contribution in [0, 0.1) is 0 Å². The molecule has 0 aliphatic carbocycles. The van der Waals surface area contributed by atoms with E-state index in [4.69, 9.17) is 10.5 Å². The number of nitrogens with zero attached hydrogens (tertiary/aromatic N) is 2. The summed E-state index contributed by atoms with van der Waals surface area (Å²) in [4.78, 5) is 12.2. The van der Waals surface area contributed by atoms with E-state index in [1.807, 2.05) is 6.92 Å². The molecule has 0 atom stereocenters. The summed E-state index contributed by atoms with van der Waals surface area (Å²) in [7, 11) is 3.29. The van der Waals surface area contributed by atoms with Crippen LogP contribution in [0.15, 0.2) is 24.3 Å². The number of anilines is 2. The van der Waals surface area contributed by atoms with Crippen LogP contribution in [0.25, 0.3) is 0 Å². The molecule has 1 aromatic heterocycles. The van der Waals surface area contributed by atoms with Crippen molar-refractivity contribution in [3.8, 4) is 5.75 Å². The van der Waals surface area contributed by atoms with Gasteiger partial charge in [-0.05, 0) is 30.7 Å². The Morgan fingerprint density at radius 2 is 2.20 bits per heavy atom. The fraction of sp³-hybridized carbons (Fsp3) is 0.286. The molecule has 0 saturated heterocycles. The van der Waals surface area contributed by atoms with Gasteiger partial charge in [0.2, 0.25) is 0 Å². The van der Waals surface area contributed by atoms with E-state index in [9.17, 15) is 4.79 Å². The van der Waals surface area contributed by atoms with E-state index in [0.717, 1.165) is 12.1 Å². The Kier molecular flexibility index (Phi) is 3.93. The number of benzene rings is 1. The molecule has 20 heavy (non-hydrogen) atoms. The number of nitrogens with one attached hydrogen (secondary N) is 1. The number of carbonyl (C=O) groups is 1. The lowest BCUT2D eigenvalue weighted by Crippen LogP contribution is -2.16. The van der Waals surface area contributed by atoms with Crippen molar-refractivity contribution in [2.24, 2.45) is 7.05 Å². The minimum atomic E-state index is -0.218. The van der Waals surface area contributed by atoms with Crippen LogP contribution < -0.4 is 15.8 Å². The van der Waals surface area contributed by atoms with Gasteiger partial charge in [-0.2, -0.15) is 5.10 Å². The minimum Gasteiger partial charge on any atom is -0.495 e. The Bertz CT molecular complexity index is 634. The molecule has 3 N–H and O–H groups in total. The number of amides is 1. The number of hydrogen-bond acceptors (Lipinski definition) is 4. The van der Waals surface area contributed by atoms with E-state index in [0.29, 0.717) is 22.8 Å². The van der Waals surface area contributed by atoms with E-state index in [2.05, 4.69) is 10.4 Å². The number of aryl methyl sites for hydroxylation is 2. The van der Waals surface area contributed by atoms with Gasteiger partial charge in [-0.25, -0.2) is 0 Å². The largest absolute Gasteiger partial charge is 0.495 e. The zero-order chi connectivity index (χ0) is 14.7. The standard InChI is InChI=1S/C14H18N4O2/c1-4-9-8-12(18(2)17-9)14(19)16-10-5-6-13(20-3)11(15)7-10/h5-8H,4,15H2,1-3H3,(H,16,19). The van der Waals surface area contributed by atoms with Gasteiger partial charge in [0, 0.05) is 12.7 Å². The monoisotopic (exact) mass is 274 g/mol. The molecule has 0 bridgehead atoms. The average Bonchev–Trinajstić information content (AvgIpc) is 2.80. The summed E-state index contributed by atoms with van der Waals surface area (Å²) in [6.45, 7) is 1.99. The van der Waals surface area contributed by atoms with Gasteiger partial charge in [0.05, 0.1) is 18.5 Å². The van der Waals surface area contributed by atoms with Crippen LogP contribution in [-0.2, 0) is 13.5 Å². The van der Waals surface area contributed by atoms with Crippen LogP contribution in [0.5, 0.6) is 5.75 Å². The van der Waals surface area contributed by atoms with Gasteiger partial charge in [-0.1, -0.05) is 6.92 Å². The van der Waals surface area contributed by atoms with Crippen molar-refractivity contribution < 1.29 is 9.53 Å². The summed E-state index contributed by atoms with van der Waals surface area (Å²) < 4.78 is 6.65. The van der Waals surface area contributed by atoms with Crippen LogP contribution in [-0.4, -0.2) is 22.8 Å². The molecule has 0 fully saturated rings. The summed E-state index contributed by atoms with van der Waals surface area (Å²) in [6, 6.07) is 6.89. The molecule has 1 aromatic carbocycles. The van der Waals surface area contributed by atoms with Gasteiger partial charge in [0.15, 0.2) is 0 Å². The number of nitrogens with two attached hydrogens (primary N) is 1. The number of ether oxygens (including phenoxy) is 1. The molecule has 0 unspecified atom stereocenters. The molecule has 6 nitrogen and oxygen atoms in total. The van der Waals surface area contributed by atoms with Crippen LogP contribution >= 0.6 is 0 Å². The first-order valence-corrected chi connectivity index (χ1v) is 6.33. The first kappa shape index (κ1) is 13.9. The quantitative estimate of drug-likeness (QED) is 0.833. The zero-order valence-corrected chi connectivity index (χ0v) is 11.8. The molecule has 2 rings (SSSR count). The fourth-order valence-electron chi connectivity index (χ4n) is 1.92. The molecule has 0 aliphatic rings. The first-order valence-electron chi connectivity index (χ1n) is 6.33. The van der Waals surface area contributed by atoms with Crippen molar-refractivity contribution >= 4 is 17.3 Å². The Hall–Kier alpha value is -2.50. The minimum absolute atomic E-state index is 0.218. The third kappa shape index (κ3) is 2.74. The maximum absolute atomic E-state index is 12.2. The average molecular weight is 274 g/mol. The smallest absolute Gasteiger partial charge is 0.273 e. The number of methoxy groups -OCH3 is 1. The topological polar surface area (TPSA) is 82.2 Å². The lowest BCUT2D eigenvalue weighted by Gasteiger charge is -2.08. The van der Waals surface area contributed by atoms with E-state index >= 15 is 0 Å². The van der Waals surface area contributed by atoms with Crippen molar-refractivity contribution in [3.05, 3.63) is 35.7 Å². The van der Waals surface area contributed by atoms with Gasteiger partial charge in [0.1, 0.15) is 11.4 Å². The van der Waals surface area contributed by atoms with Crippen molar-refractivity contribution in [2.75, 3.05) is 18.2 Å². The predicted molar refractivity (Wildman–Crippen MR) is 77.9 cm³/mol. The van der Waals surface area contributed by atoms with Gasteiger partial charge < -0.3 is 15.8 Å². The normalized spacial score (nSPS) is 10.3. The highest BCUT2D eigenvalue weighted by Gasteiger charge is 2.13. The summed E-state index contributed by atoms with van der Waals surface area (Å²) in [6.07, 6.45) is 0.788. The van der Waals surface area contributed by atoms with Gasteiger partial charge in [-0.15, -0.1) is 0 Å². The second kappa shape index (κ2) is 5.64. The number of hydrogen-bond donors (Lipinski definition) is 2. The molecule has 2 aromatic rings. The van der Waals surface area contributed by atoms with E-state index in [1.54, 1.807) is 43.1 Å². The van der Waals surface area contributed by atoms with Crippen LogP contribution in [0.4, 0.5) is 11.4 Å². The Balaban J connectivity index is 2.18. The lowest BCUT2D eigenvalue weighted by atomic mass is 10.2. The Morgan fingerprint density at radius 3 is 2.75 bits per heavy atom. The summed E-state index contributed by atoms with van der Waals surface area (Å²) in [5.74, 6) is 0.362. The van der Waals surface area contributed by atoms with Crippen LogP contribution in [0.2, 0.25) is 0 Å². The molecular weight excluding hydrogens is 256 g/mol. The molecular formula is C14H18N4O2. The number of carbonyl (C=O) groups excluding carboxylic acids is 1. The van der Waals surface area contributed by atoms with Crippen molar-refractivity contribution in [1.29, 1.82) is 0 Å². The highest BCUT2D eigenvalue weighted by atomic mass is 16.5. The van der Waals surface area contributed by atoms with Crippen LogP contribution in [0.3, 0.4) is 0 Å². The number of aromatic nitrogens is 2. The second-order valence-electron chi connectivity index (χ2n) is 4.41. The molecule has 0 aliphatic heterocycles. The number of nitrogen functional groups attached to an aromatic ring is 1. The third-order valence-corrected chi connectivity index (χ3v) is 3.01. The summed E-state index contributed by atoms with van der Waals surface area (Å²) in [5.41, 5.74) is 8.29. The molecule has 6 heteroatoms. The molecule has 0 radical (unpaired) electrons. The summed E-state index contributed by atoms with van der Waals surface area (Å²) in [5, 5.41) is 7.04. The Morgan fingerprint density at radius 1 is 1.45 bits per heavy atom. The molecule has 1 heterocycles. The summed E-state index contributed by atoms with van der Waals surface area (Å²) >= 11 is 0. The molecule has 0 spiro atoms. The van der Waals surface area contributed by atoms with Crippen molar-refractivity contribution in [2.45, 2.75) is 13.3 Å². The maximum Gasteiger partial charge on any atom is 0.273 e. The van der Waals surface area contributed by atoms with Gasteiger partial charge in [0.25, 0.3) is 5.91 Å². The fourth-order valence-corrected chi connectivity index (χ4v) is 1.92. The highest BCUT2D eigenvalue weighted by Crippen LogP contribution is 2.24. The van der Waals surface area contributed by atoms with E-state index < -0.39 is 0 Å². The van der Waals surface area contributed by atoms with E-state index in [1.165, 1.54) is 0 Å². The third-order valence-electron chi connectivity index (χ3n) is 3.01. The molecule has 0 saturated carbocycles. The van der Waals surface area contributed by atoms with Crippen molar-refractivity contribution in [3.63, 3.8) is 0 Å². The van der Waals surface area contributed by atoms with E-state index in [-0.39, 0.29) is 5.91 Å². The predicted octanol–water partition coefficient (Wildman–Crippen LogP) is 1.83. The zero-order valence-electron chi connectivity index (χ0n) is 11.8. The van der Waals surface area contributed by atoms with Crippen LogP contribution in [0.1, 0.15) is 23.1 Å². The number of rotatable bonds is 4. The second-order valence-corrected chi connectivity index (χ2v) is 4.41. The first-order chi connectivity index (χ1) is 9.55. The highest BCUT2D eigenvalue weighted by molar-refractivity contribution is 6.03. The van der Waals surface area contributed by atoms with Crippen molar-refractivity contribution in [1.82, 2.24) is 9.78 Å². The Labute approximate surface area is 117 Å². The molecule has 1 amide bonds. The SMILES string of the molecule is CCc1cc(C(=O)Nc2ccc(OC)c(N)c2)n(C)n1. The van der Waals surface area contributed by atoms with Gasteiger partial charge in [-0.3, -0.25) is 9.48 Å². The van der Waals surface area contributed by atoms with Gasteiger partial charge >= 0.3 is 0 Å².